The van der Waals surface area contributed by atoms with E-state index >= 15 is 0 Å². The molecule has 1 atom stereocenters. The smallest absolute Gasteiger partial charge is 0.408 e. The first-order chi connectivity index (χ1) is 14.9. The van der Waals surface area contributed by atoms with E-state index in [0.717, 1.165) is 11.1 Å². The topological polar surface area (TPSA) is 89.1 Å². The number of hydrogen-bond acceptors (Lipinski definition) is 7. The normalized spacial score (nSPS) is 12.4. The number of halogens is 1. The highest BCUT2D eigenvalue weighted by atomic mass is 19.1. The fraction of sp³-hybridized carbons (Fsp3) is 0.273. The molecule has 9 heteroatoms. The van der Waals surface area contributed by atoms with Crippen LogP contribution in [0, 0.1) is 5.82 Å². The van der Waals surface area contributed by atoms with E-state index in [1.54, 1.807) is 29.0 Å². The number of benzene rings is 2. The molecule has 0 aliphatic carbocycles. The highest BCUT2D eigenvalue weighted by Gasteiger charge is 2.13. The second-order valence-corrected chi connectivity index (χ2v) is 7.59. The van der Waals surface area contributed by atoms with Crippen LogP contribution < -0.4 is 11.1 Å². The molecule has 0 saturated carbocycles. The van der Waals surface area contributed by atoms with Gasteiger partial charge >= 0.3 is 5.76 Å². The van der Waals surface area contributed by atoms with Crippen molar-refractivity contribution in [3.05, 3.63) is 70.6 Å². The number of nitrogens with zero attached hydrogens (tertiary/aromatic N) is 5. The number of rotatable bonds is 7. The quantitative estimate of drug-likeness (QED) is 0.489. The van der Waals surface area contributed by atoms with Crippen LogP contribution in [0.1, 0.15) is 18.5 Å². The molecular formula is C22H23FN6O2. The monoisotopic (exact) mass is 422 g/mol. The Morgan fingerprint density at radius 3 is 2.61 bits per heavy atom. The van der Waals surface area contributed by atoms with Crippen LogP contribution in [-0.4, -0.2) is 45.3 Å². The van der Waals surface area contributed by atoms with Gasteiger partial charge in [0.15, 0.2) is 5.58 Å². The zero-order valence-electron chi connectivity index (χ0n) is 17.5. The van der Waals surface area contributed by atoms with Crippen LogP contribution in [0.5, 0.6) is 0 Å². The second kappa shape index (κ2) is 8.65. The molecule has 4 rings (SSSR count). The van der Waals surface area contributed by atoms with Gasteiger partial charge < -0.3 is 14.6 Å². The average molecular weight is 422 g/mol. The van der Waals surface area contributed by atoms with Crippen LogP contribution in [0.3, 0.4) is 0 Å². The number of anilines is 1. The third kappa shape index (κ3) is 4.61. The number of nitrogens with one attached hydrogen (secondary N) is 1. The lowest BCUT2D eigenvalue weighted by atomic mass is 10.1. The molecule has 0 saturated heterocycles. The summed E-state index contributed by atoms with van der Waals surface area (Å²) >= 11 is 0. The van der Waals surface area contributed by atoms with Crippen LogP contribution in [0.4, 0.5) is 10.3 Å². The molecule has 1 unspecified atom stereocenters. The van der Waals surface area contributed by atoms with Crippen molar-refractivity contribution in [1.82, 2.24) is 24.6 Å². The third-order valence-corrected chi connectivity index (χ3v) is 5.01. The molecule has 0 radical (unpaired) electrons. The molecule has 2 heterocycles. The van der Waals surface area contributed by atoms with Gasteiger partial charge in [-0.25, -0.2) is 14.2 Å². The Morgan fingerprint density at radius 2 is 1.94 bits per heavy atom. The summed E-state index contributed by atoms with van der Waals surface area (Å²) in [5.74, 6) is -0.291. The van der Waals surface area contributed by atoms with Crippen molar-refractivity contribution in [3.63, 3.8) is 0 Å². The molecule has 0 bridgehead atoms. The van der Waals surface area contributed by atoms with Crippen LogP contribution in [-0.2, 0) is 6.54 Å². The lowest BCUT2D eigenvalue weighted by Crippen LogP contribution is -2.23. The van der Waals surface area contributed by atoms with Gasteiger partial charge in [0.1, 0.15) is 11.5 Å². The van der Waals surface area contributed by atoms with Crippen LogP contribution >= 0.6 is 0 Å². The largest absolute Gasteiger partial charge is 0.419 e. The highest BCUT2D eigenvalue weighted by Crippen LogP contribution is 2.23. The maximum absolute atomic E-state index is 13.1. The maximum atomic E-state index is 13.1. The predicted molar refractivity (Wildman–Crippen MR) is 116 cm³/mol. The van der Waals surface area contributed by atoms with Gasteiger partial charge in [-0.2, -0.15) is 0 Å². The van der Waals surface area contributed by atoms with E-state index in [0.29, 0.717) is 35.8 Å². The first kappa shape index (κ1) is 20.7. The van der Waals surface area contributed by atoms with Gasteiger partial charge in [0.05, 0.1) is 17.8 Å². The summed E-state index contributed by atoms with van der Waals surface area (Å²) in [4.78, 5) is 18.5. The van der Waals surface area contributed by atoms with Crippen molar-refractivity contribution in [1.29, 1.82) is 0 Å². The van der Waals surface area contributed by atoms with Gasteiger partial charge in [-0.3, -0.25) is 4.57 Å². The molecule has 0 spiro atoms. The molecule has 0 amide bonds. The summed E-state index contributed by atoms with van der Waals surface area (Å²) in [7, 11) is 3.90. The molecule has 160 valence electrons. The number of likely N-dealkylation sites (N-methyl/N-ethyl adjacent to an activating group) is 1. The Bertz CT molecular complexity index is 1230. The van der Waals surface area contributed by atoms with E-state index in [9.17, 15) is 9.18 Å². The van der Waals surface area contributed by atoms with Crippen molar-refractivity contribution in [2.75, 3.05) is 26.0 Å². The van der Waals surface area contributed by atoms with E-state index in [1.807, 2.05) is 38.1 Å². The van der Waals surface area contributed by atoms with E-state index in [4.69, 9.17) is 4.42 Å². The van der Waals surface area contributed by atoms with Gasteiger partial charge in [0, 0.05) is 18.7 Å². The minimum absolute atomic E-state index is 0.110. The SMILES string of the molecule is CC(Nc1ncc(-c2ccc3oc(=O)n(CCN(C)C)c3c2)nn1)c1ccc(F)cc1. The standard InChI is InChI=1S/C22H23FN6O2/c1-14(15-4-7-17(23)8-5-15)25-21-24-13-18(26-27-21)16-6-9-20-19(12-16)29(22(30)31-20)11-10-28(2)3/h4-9,12-14H,10-11H2,1-3H3,(H,24,25,27). The summed E-state index contributed by atoms with van der Waals surface area (Å²) in [5, 5.41) is 11.6. The molecule has 31 heavy (non-hydrogen) atoms. The number of aromatic nitrogens is 4. The number of hydrogen-bond donors (Lipinski definition) is 1. The summed E-state index contributed by atoms with van der Waals surface area (Å²) in [6.45, 7) is 3.17. The number of oxazole rings is 1. The van der Waals surface area contributed by atoms with E-state index in [-0.39, 0.29) is 17.6 Å². The van der Waals surface area contributed by atoms with E-state index in [1.165, 1.54) is 12.1 Å². The first-order valence-corrected chi connectivity index (χ1v) is 9.91. The molecule has 2 aromatic carbocycles. The lowest BCUT2D eigenvalue weighted by molar-refractivity contribution is 0.374. The Kier molecular flexibility index (Phi) is 5.77. The fourth-order valence-corrected chi connectivity index (χ4v) is 3.24. The predicted octanol–water partition coefficient (Wildman–Crippen LogP) is 3.32. The van der Waals surface area contributed by atoms with Crippen LogP contribution in [0.2, 0.25) is 0 Å². The third-order valence-electron chi connectivity index (χ3n) is 5.01. The molecule has 0 fully saturated rings. The molecular weight excluding hydrogens is 399 g/mol. The van der Waals surface area contributed by atoms with Crippen LogP contribution in [0.25, 0.3) is 22.4 Å². The maximum Gasteiger partial charge on any atom is 0.419 e. The van der Waals surface area contributed by atoms with Crippen LogP contribution in [0.15, 0.2) is 57.9 Å². The Morgan fingerprint density at radius 1 is 1.16 bits per heavy atom. The number of fused-ring (bicyclic) bond motifs is 1. The van der Waals surface area contributed by atoms with E-state index < -0.39 is 0 Å². The molecule has 2 aromatic heterocycles. The fourth-order valence-electron chi connectivity index (χ4n) is 3.24. The Hall–Kier alpha value is -3.59. The minimum Gasteiger partial charge on any atom is -0.408 e. The first-order valence-electron chi connectivity index (χ1n) is 9.91. The van der Waals surface area contributed by atoms with Gasteiger partial charge in [0.2, 0.25) is 5.95 Å². The summed E-state index contributed by atoms with van der Waals surface area (Å²) < 4.78 is 20.1. The van der Waals surface area contributed by atoms with Crippen molar-refractivity contribution >= 4 is 17.0 Å². The van der Waals surface area contributed by atoms with Crippen molar-refractivity contribution in [3.8, 4) is 11.3 Å². The molecule has 1 N–H and O–H groups in total. The Balaban J connectivity index is 1.55. The summed E-state index contributed by atoms with van der Waals surface area (Å²) in [6.07, 6.45) is 1.62. The van der Waals surface area contributed by atoms with Crippen molar-refractivity contribution in [2.24, 2.45) is 0 Å². The van der Waals surface area contributed by atoms with Gasteiger partial charge in [-0.15, -0.1) is 10.2 Å². The Labute approximate surface area is 178 Å². The average Bonchev–Trinajstić information content (AvgIpc) is 3.07. The summed E-state index contributed by atoms with van der Waals surface area (Å²) in [5.41, 5.74) is 3.51. The molecule has 8 nitrogen and oxygen atoms in total. The lowest BCUT2D eigenvalue weighted by Gasteiger charge is -2.13. The highest BCUT2D eigenvalue weighted by molar-refractivity contribution is 5.79. The second-order valence-electron chi connectivity index (χ2n) is 7.59. The van der Waals surface area contributed by atoms with Crippen molar-refractivity contribution in [2.45, 2.75) is 19.5 Å². The van der Waals surface area contributed by atoms with Gasteiger partial charge in [-0.05, 0) is 56.9 Å². The van der Waals surface area contributed by atoms with Crippen molar-refractivity contribution < 1.29 is 8.81 Å². The van der Waals surface area contributed by atoms with Gasteiger partial charge in [-0.1, -0.05) is 12.1 Å². The minimum atomic E-state index is -0.382. The van der Waals surface area contributed by atoms with Gasteiger partial charge in [0.25, 0.3) is 0 Å². The summed E-state index contributed by atoms with van der Waals surface area (Å²) in [6, 6.07) is 11.6. The molecule has 0 aliphatic heterocycles. The zero-order valence-corrected chi connectivity index (χ0v) is 17.5. The molecule has 4 aromatic rings. The molecule has 0 aliphatic rings. The van der Waals surface area contributed by atoms with E-state index in [2.05, 4.69) is 20.5 Å². The zero-order chi connectivity index (χ0) is 22.0.